The van der Waals surface area contributed by atoms with Gasteiger partial charge >= 0.3 is 0 Å². The van der Waals surface area contributed by atoms with Crippen LogP contribution in [-0.2, 0) is 11.4 Å². The molecule has 7 heteroatoms. The van der Waals surface area contributed by atoms with Gasteiger partial charge in [-0.1, -0.05) is 11.6 Å². The lowest BCUT2D eigenvalue weighted by atomic mass is 10.7. The first-order chi connectivity index (χ1) is 5.20. The Morgan fingerprint density at radius 2 is 2.18 bits per heavy atom. The molecule has 1 rings (SSSR count). The van der Waals surface area contributed by atoms with Gasteiger partial charge in [-0.3, -0.25) is 0 Å². The summed E-state index contributed by atoms with van der Waals surface area (Å²) >= 11 is 2.73. The second-order valence-corrected chi connectivity index (χ2v) is 2.37. The smallest absolute Gasteiger partial charge is 0.267 e. The summed E-state index contributed by atoms with van der Waals surface area (Å²) < 4.78 is 24.1. The fourth-order valence-corrected chi connectivity index (χ4v) is 0.869. The zero-order valence-corrected chi connectivity index (χ0v) is 6.63. The lowest BCUT2D eigenvalue weighted by molar-refractivity contribution is 0.432. The van der Waals surface area contributed by atoms with Crippen molar-refractivity contribution < 1.29 is 12.9 Å². The van der Waals surface area contributed by atoms with Gasteiger partial charge in [0.25, 0.3) is 5.88 Å². The first kappa shape index (κ1) is 8.38. The summed E-state index contributed by atoms with van der Waals surface area (Å²) in [5.74, 6) is -0.220. The van der Waals surface area contributed by atoms with Crippen molar-refractivity contribution in [2.24, 2.45) is 0 Å². The first-order valence-electron chi connectivity index (χ1n) is 2.44. The Bertz CT molecular complexity index is 282. The zero-order valence-electron chi connectivity index (χ0n) is 5.06. The van der Waals surface area contributed by atoms with E-state index in [2.05, 4.69) is 14.2 Å². The fraction of sp³-hybridized carbons (Fsp3) is 0. The van der Waals surface area contributed by atoms with E-state index in [0.717, 1.165) is 0 Å². The van der Waals surface area contributed by atoms with Gasteiger partial charge < -0.3 is 8.74 Å². The van der Waals surface area contributed by atoms with Crippen molar-refractivity contribution >= 4 is 23.0 Å². The van der Waals surface area contributed by atoms with Crippen LogP contribution in [0.2, 0.25) is 5.15 Å². The third-order valence-corrected chi connectivity index (χ3v) is 1.32. The molecule has 60 valence electrons. The molecule has 0 aliphatic rings. The maximum atomic E-state index is 9.97. The summed E-state index contributed by atoms with van der Waals surface area (Å²) in [6, 6.07) is 0. The molecule has 0 fully saturated rings. The molecule has 0 amide bonds. The van der Waals surface area contributed by atoms with Crippen LogP contribution in [0, 0.1) is 0 Å². The van der Waals surface area contributed by atoms with Gasteiger partial charge in [-0.2, -0.15) is 0 Å². The minimum atomic E-state index is -2.66. The second kappa shape index (κ2) is 3.61. The molecule has 0 aliphatic carbocycles. The molecule has 0 saturated heterocycles. The quantitative estimate of drug-likeness (QED) is 0.632. The van der Waals surface area contributed by atoms with Gasteiger partial charge in [-0.25, -0.2) is 14.2 Å². The molecule has 0 spiro atoms. The first-order valence-corrected chi connectivity index (χ1v) is 3.82. The Morgan fingerprint density at radius 1 is 1.55 bits per heavy atom. The van der Waals surface area contributed by atoms with Crippen LogP contribution in [0.4, 0.5) is 0 Å². The van der Waals surface area contributed by atoms with Gasteiger partial charge in [0, 0.05) is 12.4 Å². The lowest BCUT2D eigenvalue weighted by Crippen LogP contribution is -2.00. The molecule has 1 unspecified atom stereocenters. The number of halogens is 1. The number of hydrogen-bond acceptors (Lipinski definition) is 5. The Morgan fingerprint density at radius 3 is 2.73 bits per heavy atom. The summed E-state index contributed by atoms with van der Waals surface area (Å²) in [7, 11) is 0. The largest absolute Gasteiger partial charge is 0.740 e. The fourth-order valence-electron chi connectivity index (χ4n) is 0.429. The van der Waals surface area contributed by atoms with Gasteiger partial charge in [0.05, 0.1) is 0 Å². The summed E-state index contributed by atoms with van der Waals surface area (Å²) in [4.78, 5) is 7.05. The van der Waals surface area contributed by atoms with Crippen LogP contribution >= 0.6 is 11.6 Å². The number of aromatic nitrogens is 2. The summed E-state index contributed by atoms with van der Waals surface area (Å²) in [5.41, 5.74) is 0. The van der Waals surface area contributed by atoms with Gasteiger partial charge in [0.2, 0.25) is 0 Å². The van der Waals surface area contributed by atoms with Crippen LogP contribution in [0.1, 0.15) is 0 Å². The Hall–Kier alpha value is -0.720. The third kappa shape index (κ3) is 2.41. The average Bonchev–Trinajstić information content (AvgIpc) is 1.93. The Balaban J connectivity index is 2.86. The Labute approximate surface area is 69.9 Å². The average molecular weight is 194 g/mol. The molecule has 0 aliphatic heterocycles. The van der Waals surface area contributed by atoms with E-state index in [-0.39, 0.29) is 11.0 Å². The van der Waals surface area contributed by atoms with E-state index in [1.54, 1.807) is 0 Å². The predicted molar refractivity (Wildman–Crippen MR) is 36.6 cm³/mol. The van der Waals surface area contributed by atoms with Crippen LogP contribution in [0.3, 0.4) is 0 Å². The van der Waals surface area contributed by atoms with Crippen LogP contribution in [0.25, 0.3) is 0 Å². The van der Waals surface area contributed by atoms with Gasteiger partial charge in [-0.05, 0) is 0 Å². The highest BCUT2D eigenvalue weighted by Gasteiger charge is 2.01. The molecule has 5 nitrogen and oxygen atoms in total. The number of nitrogens with zero attached hydrogens (tertiary/aromatic N) is 2. The highest BCUT2D eigenvalue weighted by Crippen LogP contribution is 2.16. The zero-order chi connectivity index (χ0) is 8.27. The molecule has 0 aromatic carbocycles. The predicted octanol–water partition coefficient (Wildman–Crippen LogP) is 0.303. The molecular weight excluding hydrogens is 192 g/mol. The molecule has 1 aromatic rings. The summed E-state index contributed by atoms with van der Waals surface area (Å²) in [5, 5.41) is -0.0864. The van der Waals surface area contributed by atoms with Crippen molar-refractivity contribution in [1.82, 2.24) is 9.97 Å². The van der Waals surface area contributed by atoms with E-state index in [1.165, 1.54) is 12.4 Å². The van der Waals surface area contributed by atoms with Gasteiger partial charge in [-0.15, -0.1) is 0 Å². The van der Waals surface area contributed by atoms with Crippen molar-refractivity contribution in [3.63, 3.8) is 0 Å². The second-order valence-electron chi connectivity index (χ2n) is 1.44. The lowest BCUT2D eigenvalue weighted by Gasteiger charge is -2.05. The molecule has 0 bridgehead atoms. The summed E-state index contributed by atoms with van der Waals surface area (Å²) in [6.07, 6.45) is 2.59. The van der Waals surface area contributed by atoms with E-state index in [1.807, 2.05) is 0 Å². The van der Waals surface area contributed by atoms with Gasteiger partial charge in [0.15, 0.2) is 5.15 Å². The molecule has 11 heavy (non-hydrogen) atoms. The summed E-state index contributed by atoms with van der Waals surface area (Å²) in [6.45, 7) is 0. The van der Waals surface area contributed by atoms with Gasteiger partial charge in [0.1, 0.15) is 11.4 Å². The highest BCUT2D eigenvalue weighted by atomic mass is 35.5. The molecule has 1 aromatic heterocycles. The minimum Gasteiger partial charge on any atom is -0.740 e. The third-order valence-electron chi connectivity index (χ3n) is 0.770. The van der Waals surface area contributed by atoms with Crippen LogP contribution < -0.4 is 4.18 Å². The molecule has 0 N–H and O–H groups in total. The normalized spacial score (nSPS) is 12.5. The van der Waals surface area contributed by atoms with Crippen LogP contribution in [-0.4, -0.2) is 18.7 Å². The van der Waals surface area contributed by atoms with Crippen molar-refractivity contribution in [3.8, 4) is 5.88 Å². The molecule has 1 heterocycles. The molecular formula is C4H2ClN2O3S-. The number of rotatable bonds is 2. The van der Waals surface area contributed by atoms with E-state index < -0.39 is 11.4 Å². The maximum absolute atomic E-state index is 9.97. The minimum absolute atomic E-state index is 0.0864. The van der Waals surface area contributed by atoms with E-state index in [4.69, 9.17) is 11.6 Å². The Kier molecular flexibility index (Phi) is 2.75. The van der Waals surface area contributed by atoms with Crippen molar-refractivity contribution in [1.29, 1.82) is 0 Å². The molecule has 0 saturated carbocycles. The van der Waals surface area contributed by atoms with E-state index >= 15 is 0 Å². The number of hydrogen-bond donors (Lipinski definition) is 0. The van der Waals surface area contributed by atoms with Crippen molar-refractivity contribution in [2.75, 3.05) is 0 Å². The molecule has 0 radical (unpaired) electrons. The SMILES string of the molecule is O=S([O-])Oc1nccnc1Cl. The highest BCUT2D eigenvalue weighted by molar-refractivity contribution is 7.74. The topological polar surface area (TPSA) is 75.1 Å². The molecule has 1 atom stereocenters. The standard InChI is InChI=1S/C4H3ClN2O3S/c5-3-4(10-11(8)9)7-2-1-6-3/h1-2H,(H,8,9)/p-1. The van der Waals surface area contributed by atoms with Crippen LogP contribution in [0.5, 0.6) is 5.88 Å². The monoisotopic (exact) mass is 193 g/mol. The maximum Gasteiger partial charge on any atom is 0.267 e. The van der Waals surface area contributed by atoms with Crippen LogP contribution in [0.15, 0.2) is 12.4 Å². The van der Waals surface area contributed by atoms with E-state index in [9.17, 15) is 8.76 Å². The van der Waals surface area contributed by atoms with E-state index in [0.29, 0.717) is 0 Å². The van der Waals surface area contributed by atoms with Crippen molar-refractivity contribution in [3.05, 3.63) is 17.5 Å². The van der Waals surface area contributed by atoms with Crippen molar-refractivity contribution in [2.45, 2.75) is 0 Å².